The summed E-state index contributed by atoms with van der Waals surface area (Å²) in [5, 5.41) is 3.32. The van der Waals surface area contributed by atoms with Crippen molar-refractivity contribution in [3.8, 4) is 11.5 Å². The first-order valence-corrected chi connectivity index (χ1v) is 11.7. The molecular weight excluding hydrogens is 434 g/mol. The number of benzene rings is 2. The normalized spacial score (nSPS) is 17.4. The Morgan fingerprint density at radius 2 is 1.68 bits per heavy atom. The summed E-state index contributed by atoms with van der Waals surface area (Å²) in [7, 11) is 0. The minimum Gasteiger partial charge on any atom is -0.486 e. The lowest BCUT2D eigenvalue weighted by atomic mass is 10.1. The second-order valence-electron chi connectivity index (χ2n) is 8.67. The van der Waals surface area contributed by atoms with E-state index in [2.05, 4.69) is 5.32 Å². The van der Waals surface area contributed by atoms with Crippen LogP contribution in [0.25, 0.3) is 10.9 Å². The van der Waals surface area contributed by atoms with Crippen LogP contribution in [0.4, 0.5) is 0 Å². The van der Waals surface area contributed by atoms with Gasteiger partial charge in [0.15, 0.2) is 11.5 Å². The molecule has 0 radical (unpaired) electrons. The summed E-state index contributed by atoms with van der Waals surface area (Å²) in [5.41, 5.74) is 1.04. The van der Waals surface area contributed by atoms with Gasteiger partial charge in [-0.05, 0) is 37.5 Å². The van der Waals surface area contributed by atoms with Crippen LogP contribution < -0.4 is 14.8 Å². The quantitative estimate of drug-likeness (QED) is 0.450. The molecule has 2 aromatic carbocycles. The smallest absolute Gasteiger partial charge is 0.292 e. The van der Waals surface area contributed by atoms with Gasteiger partial charge >= 0.3 is 0 Å². The number of fused-ring (bicyclic) bond motifs is 2. The molecule has 1 aromatic heterocycles. The summed E-state index contributed by atoms with van der Waals surface area (Å²) >= 11 is 0. The van der Waals surface area contributed by atoms with Crippen LogP contribution in [-0.2, 0) is 16.1 Å². The van der Waals surface area contributed by atoms with Crippen molar-refractivity contribution in [2.45, 2.75) is 31.9 Å². The predicted molar refractivity (Wildman–Crippen MR) is 126 cm³/mol. The highest BCUT2D eigenvalue weighted by atomic mass is 16.6. The Kier molecular flexibility index (Phi) is 6.20. The fourth-order valence-corrected chi connectivity index (χ4v) is 4.52. The molecule has 2 aliphatic heterocycles. The zero-order valence-electron chi connectivity index (χ0n) is 18.9. The molecule has 1 fully saturated rings. The van der Waals surface area contributed by atoms with E-state index in [4.69, 9.17) is 9.47 Å². The van der Waals surface area contributed by atoms with Crippen LogP contribution in [0.3, 0.4) is 0 Å². The fraction of sp³-hybridized carbons (Fsp3) is 0.346. The van der Waals surface area contributed by atoms with E-state index in [1.54, 1.807) is 22.9 Å². The number of nitrogens with zero attached hydrogens (tertiary/aromatic N) is 2. The van der Waals surface area contributed by atoms with Crippen molar-refractivity contribution in [1.29, 1.82) is 0 Å². The summed E-state index contributed by atoms with van der Waals surface area (Å²) in [6.45, 7) is 2.10. The number of hydrogen-bond acceptors (Lipinski definition) is 5. The lowest BCUT2D eigenvalue weighted by Gasteiger charge is -2.27. The van der Waals surface area contributed by atoms with Crippen molar-refractivity contribution < 1.29 is 23.9 Å². The first-order valence-electron chi connectivity index (χ1n) is 11.7. The Hall–Kier alpha value is -3.81. The van der Waals surface area contributed by atoms with Crippen molar-refractivity contribution in [1.82, 2.24) is 14.8 Å². The Bertz CT molecular complexity index is 1230. The van der Waals surface area contributed by atoms with Crippen molar-refractivity contribution in [3.05, 3.63) is 60.3 Å². The maximum absolute atomic E-state index is 13.0. The van der Waals surface area contributed by atoms with Gasteiger partial charge < -0.3 is 24.3 Å². The highest BCUT2D eigenvalue weighted by molar-refractivity contribution is 6.45. The van der Waals surface area contributed by atoms with E-state index >= 15 is 0 Å². The van der Waals surface area contributed by atoms with Gasteiger partial charge in [0.05, 0.1) is 12.1 Å². The van der Waals surface area contributed by atoms with Crippen molar-refractivity contribution >= 4 is 28.5 Å². The molecule has 0 saturated carbocycles. The Morgan fingerprint density at radius 1 is 0.941 bits per heavy atom. The summed E-state index contributed by atoms with van der Waals surface area (Å²) in [6, 6.07) is 14.7. The number of piperidine rings is 1. The molecule has 2 aliphatic rings. The Labute approximate surface area is 197 Å². The van der Waals surface area contributed by atoms with Gasteiger partial charge in [0.2, 0.25) is 5.91 Å². The number of nitrogens with one attached hydrogen (secondary N) is 1. The maximum atomic E-state index is 13.0. The van der Waals surface area contributed by atoms with Gasteiger partial charge in [0.25, 0.3) is 11.7 Å². The number of rotatable bonds is 6. The average Bonchev–Trinajstić information content (AvgIpc) is 3.25. The van der Waals surface area contributed by atoms with E-state index in [1.165, 1.54) is 0 Å². The Morgan fingerprint density at radius 3 is 2.50 bits per heavy atom. The number of likely N-dealkylation sites (tertiary alicyclic amines) is 1. The van der Waals surface area contributed by atoms with E-state index in [1.807, 2.05) is 41.3 Å². The molecule has 176 valence electrons. The zero-order valence-corrected chi connectivity index (χ0v) is 18.9. The van der Waals surface area contributed by atoms with Crippen LogP contribution in [0.15, 0.2) is 54.7 Å². The molecule has 3 heterocycles. The van der Waals surface area contributed by atoms with Crippen molar-refractivity contribution in [2.24, 2.45) is 0 Å². The van der Waals surface area contributed by atoms with Gasteiger partial charge in [-0.1, -0.05) is 30.3 Å². The molecule has 1 atom stereocenters. The summed E-state index contributed by atoms with van der Waals surface area (Å²) in [5.74, 6) is -0.0577. The maximum Gasteiger partial charge on any atom is 0.292 e. The number of para-hydroxylation sites is 3. The molecule has 5 rings (SSSR count). The molecule has 34 heavy (non-hydrogen) atoms. The molecule has 0 unspecified atom stereocenters. The predicted octanol–water partition coefficient (Wildman–Crippen LogP) is 2.79. The molecule has 1 saturated heterocycles. The summed E-state index contributed by atoms with van der Waals surface area (Å²) in [4.78, 5) is 40.4. The van der Waals surface area contributed by atoms with Crippen molar-refractivity contribution in [2.75, 3.05) is 26.2 Å². The number of Topliss-reactive ketones (excluding diaryl/α,β-unsaturated/α-hetero) is 1. The van der Waals surface area contributed by atoms with Gasteiger partial charge in [-0.2, -0.15) is 0 Å². The van der Waals surface area contributed by atoms with Crippen molar-refractivity contribution in [3.63, 3.8) is 0 Å². The standard InChI is InChI=1S/C26H27N3O5/c30-24(28-12-6-1-7-13-28)16-29-15-20(19-8-2-3-9-21(19)29)25(31)26(32)27-14-18-17-33-22-10-4-5-11-23(22)34-18/h2-5,8-11,15,18H,1,6-7,12-14,16-17H2,(H,27,32)/t18-/m0/s1. The van der Waals surface area contributed by atoms with E-state index < -0.39 is 17.8 Å². The first-order chi connectivity index (χ1) is 16.6. The third-order valence-electron chi connectivity index (χ3n) is 6.31. The molecule has 8 heteroatoms. The van der Waals surface area contributed by atoms with Gasteiger partial charge in [0.1, 0.15) is 19.3 Å². The van der Waals surface area contributed by atoms with Gasteiger partial charge in [-0.3, -0.25) is 14.4 Å². The number of ether oxygens (including phenoxy) is 2. The second-order valence-corrected chi connectivity index (χ2v) is 8.67. The number of amides is 2. The van der Waals surface area contributed by atoms with Gasteiger partial charge in [-0.25, -0.2) is 0 Å². The molecule has 0 aliphatic carbocycles. The topological polar surface area (TPSA) is 89.9 Å². The fourth-order valence-electron chi connectivity index (χ4n) is 4.52. The van der Waals surface area contributed by atoms with E-state index in [-0.39, 0.29) is 31.2 Å². The molecule has 2 amide bonds. The number of ketones is 1. The molecule has 3 aromatic rings. The van der Waals surface area contributed by atoms with E-state index in [0.29, 0.717) is 16.9 Å². The van der Waals surface area contributed by atoms with Gasteiger partial charge in [-0.15, -0.1) is 0 Å². The third kappa shape index (κ3) is 4.48. The van der Waals surface area contributed by atoms with Crippen LogP contribution in [0.1, 0.15) is 29.6 Å². The number of hydrogen-bond donors (Lipinski definition) is 1. The van der Waals surface area contributed by atoms with Crippen LogP contribution in [0.5, 0.6) is 11.5 Å². The zero-order chi connectivity index (χ0) is 23.5. The minimum absolute atomic E-state index is 0.0265. The highest BCUT2D eigenvalue weighted by Gasteiger charge is 2.26. The molecule has 0 spiro atoms. The monoisotopic (exact) mass is 461 g/mol. The largest absolute Gasteiger partial charge is 0.486 e. The molecule has 0 bridgehead atoms. The number of carbonyl (C=O) groups excluding carboxylic acids is 3. The van der Waals surface area contributed by atoms with Gasteiger partial charge in [0, 0.05) is 30.2 Å². The molecule has 1 N–H and O–H groups in total. The third-order valence-corrected chi connectivity index (χ3v) is 6.31. The molecule has 8 nitrogen and oxygen atoms in total. The lowest BCUT2D eigenvalue weighted by molar-refractivity contribution is -0.132. The van der Waals surface area contributed by atoms with E-state index in [9.17, 15) is 14.4 Å². The van der Waals surface area contributed by atoms with Crippen LogP contribution >= 0.6 is 0 Å². The highest BCUT2D eigenvalue weighted by Crippen LogP contribution is 2.30. The second kappa shape index (κ2) is 9.59. The minimum atomic E-state index is -0.715. The lowest BCUT2D eigenvalue weighted by Crippen LogP contribution is -2.42. The van der Waals surface area contributed by atoms with Crippen LogP contribution in [0.2, 0.25) is 0 Å². The van der Waals surface area contributed by atoms with Crippen LogP contribution in [0, 0.1) is 0 Å². The Balaban J connectivity index is 1.27. The first kappa shape index (κ1) is 22.0. The summed E-state index contributed by atoms with van der Waals surface area (Å²) in [6.07, 6.45) is 4.40. The average molecular weight is 462 g/mol. The summed E-state index contributed by atoms with van der Waals surface area (Å²) < 4.78 is 13.3. The SMILES string of the molecule is O=C(NC[C@H]1COc2ccccc2O1)C(=O)c1cn(CC(=O)N2CCCCC2)c2ccccc12. The molecular formula is C26H27N3O5. The number of carbonyl (C=O) groups is 3. The van der Waals surface area contributed by atoms with E-state index in [0.717, 1.165) is 37.9 Å². The van der Waals surface area contributed by atoms with Crippen LogP contribution in [-0.4, -0.2) is 59.4 Å². The number of aromatic nitrogens is 1.